The number of hydrogen-bond acceptors (Lipinski definition) is 2. The summed E-state index contributed by atoms with van der Waals surface area (Å²) in [7, 11) is 0. The number of carbonyl (C=O) groups excluding carboxylic acids is 1. The molecule has 0 spiro atoms. The predicted octanol–water partition coefficient (Wildman–Crippen LogP) is 2.91. The molecule has 0 saturated heterocycles. The summed E-state index contributed by atoms with van der Waals surface area (Å²) in [5, 5.41) is 13.4. The Morgan fingerprint density at radius 2 is 1.62 bits per heavy atom. The van der Waals surface area contributed by atoms with Crippen LogP contribution in [0.3, 0.4) is 0 Å². The van der Waals surface area contributed by atoms with Crippen LogP contribution in [0.4, 0.5) is 18.0 Å². The average Bonchev–Trinajstić information content (AvgIpc) is 2.07. The van der Waals surface area contributed by atoms with Gasteiger partial charge in [0.1, 0.15) is 0 Å². The van der Waals surface area contributed by atoms with Crippen LogP contribution >= 0.6 is 0 Å². The van der Waals surface area contributed by atoms with E-state index in [-0.39, 0.29) is 11.8 Å². The van der Waals surface area contributed by atoms with Gasteiger partial charge in [-0.25, -0.2) is 4.79 Å². The summed E-state index contributed by atoms with van der Waals surface area (Å²) < 4.78 is 36.5. The van der Waals surface area contributed by atoms with Crippen molar-refractivity contribution in [1.82, 2.24) is 10.6 Å². The molecule has 0 bridgehead atoms. The minimum absolute atomic E-state index is 0.217. The number of carboxylic acid groups (broad SMARTS) is 1. The van der Waals surface area contributed by atoms with Crippen LogP contribution in [0, 0.1) is 5.41 Å². The zero-order chi connectivity index (χ0) is 16.8. The molecule has 0 saturated carbocycles. The molecule has 0 aliphatic rings. The fraction of sp³-hybridized carbons (Fsp3) is 0.846. The highest BCUT2D eigenvalue weighted by molar-refractivity contribution is 5.76. The number of rotatable bonds is 6. The summed E-state index contributed by atoms with van der Waals surface area (Å²) in [6, 6.07) is -2.51. The van der Waals surface area contributed by atoms with Crippen molar-refractivity contribution in [2.24, 2.45) is 5.41 Å². The molecule has 0 fully saturated rings. The molecule has 21 heavy (non-hydrogen) atoms. The third-order valence-corrected chi connectivity index (χ3v) is 2.53. The third-order valence-electron chi connectivity index (χ3n) is 2.53. The highest BCUT2D eigenvalue weighted by atomic mass is 19.4. The van der Waals surface area contributed by atoms with Gasteiger partial charge in [0.2, 0.25) is 0 Å². The SMILES string of the molecule is CC(CC(F)(F)F)NC(=O)NC(CC(=O)O)CC(C)(C)C. The van der Waals surface area contributed by atoms with E-state index in [2.05, 4.69) is 10.6 Å². The van der Waals surface area contributed by atoms with E-state index in [1.54, 1.807) is 0 Å². The van der Waals surface area contributed by atoms with Gasteiger partial charge in [0.05, 0.1) is 12.8 Å². The summed E-state index contributed by atoms with van der Waals surface area (Å²) in [4.78, 5) is 22.4. The standard InChI is InChI=1S/C13H23F3N2O3/c1-8(6-13(14,15)16)17-11(21)18-9(5-10(19)20)7-12(2,3)4/h8-9H,5-7H2,1-4H3,(H,19,20)(H2,17,18,21). The molecule has 2 amide bonds. The lowest BCUT2D eigenvalue weighted by Crippen LogP contribution is -2.48. The normalized spacial score (nSPS) is 15.2. The molecule has 0 aliphatic heterocycles. The first-order valence-corrected chi connectivity index (χ1v) is 6.64. The minimum Gasteiger partial charge on any atom is -0.481 e. The maximum Gasteiger partial charge on any atom is 0.391 e. The van der Waals surface area contributed by atoms with Crippen molar-refractivity contribution in [3.05, 3.63) is 0 Å². The lowest BCUT2D eigenvalue weighted by molar-refractivity contribution is -0.138. The van der Waals surface area contributed by atoms with Crippen molar-refractivity contribution >= 4 is 12.0 Å². The van der Waals surface area contributed by atoms with Crippen molar-refractivity contribution in [3.63, 3.8) is 0 Å². The number of amides is 2. The van der Waals surface area contributed by atoms with E-state index in [4.69, 9.17) is 5.11 Å². The van der Waals surface area contributed by atoms with Crippen LogP contribution in [0.15, 0.2) is 0 Å². The molecule has 3 N–H and O–H groups in total. The van der Waals surface area contributed by atoms with E-state index < -0.39 is 36.7 Å². The quantitative estimate of drug-likeness (QED) is 0.705. The topological polar surface area (TPSA) is 78.4 Å². The number of urea groups is 1. The zero-order valence-corrected chi connectivity index (χ0v) is 12.7. The first kappa shape index (κ1) is 19.5. The molecule has 5 nitrogen and oxygen atoms in total. The summed E-state index contributed by atoms with van der Waals surface area (Å²) in [6.45, 7) is 6.89. The summed E-state index contributed by atoms with van der Waals surface area (Å²) in [5.74, 6) is -1.08. The van der Waals surface area contributed by atoms with Crippen molar-refractivity contribution in [3.8, 4) is 0 Å². The van der Waals surface area contributed by atoms with Crippen LogP contribution < -0.4 is 10.6 Å². The Morgan fingerprint density at radius 1 is 1.10 bits per heavy atom. The molecule has 0 aromatic heterocycles. The largest absolute Gasteiger partial charge is 0.481 e. The van der Waals surface area contributed by atoms with Gasteiger partial charge < -0.3 is 15.7 Å². The summed E-state index contributed by atoms with van der Waals surface area (Å²) in [5.41, 5.74) is -0.217. The molecule has 0 rings (SSSR count). The first-order valence-electron chi connectivity index (χ1n) is 6.64. The molecule has 0 aromatic carbocycles. The number of nitrogens with one attached hydrogen (secondary N) is 2. The lowest BCUT2D eigenvalue weighted by Gasteiger charge is -2.26. The molecular weight excluding hydrogens is 289 g/mol. The highest BCUT2D eigenvalue weighted by Gasteiger charge is 2.31. The maximum absolute atomic E-state index is 12.2. The molecule has 0 radical (unpaired) electrons. The summed E-state index contributed by atoms with van der Waals surface area (Å²) >= 11 is 0. The average molecular weight is 312 g/mol. The van der Waals surface area contributed by atoms with Crippen LogP contribution in [-0.2, 0) is 4.79 Å². The molecule has 2 atom stereocenters. The maximum atomic E-state index is 12.2. The molecule has 0 aromatic rings. The van der Waals surface area contributed by atoms with Crippen LogP contribution in [0.5, 0.6) is 0 Å². The molecule has 0 heterocycles. The van der Waals surface area contributed by atoms with E-state index >= 15 is 0 Å². The molecular formula is C13H23F3N2O3. The second-order valence-electron chi connectivity index (χ2n) is 6.40. The highest BCUT2D eigenvalue weighted by Crippen LogP contribution is 2.23. The third kappa shape index (κ3) is 12.0. The molecule has 0 aliphatic carbocycles. The van der Waals surface area contributed by atoms with Crippen LogP contribution in [0.2, 0.25) is 0 Å². The Balaban J connectivity index is 4.49. The fourth-order valence-corrected chi connectivity index (χ4v) is 1.97. The van der Waals surface area contributed by atoms with Gasteiger partial charge in [-0.3, -0.25) is 4.79 Å². The van der Waals surface area contributed by atoms with E-state index in [9.17, 15) is 22.8 Å². The zero-order valence-electron chi connectivity index (χ0n) is 12.7. The minimum atomic E-state index is -4.36. The van der Waals surface area contributed by atoms with Crippen LogP contribution in [-0.4, -0.2) is 35.4 Å². The van der Waals surface area contributed by atoms with E-state index in [0.29, 0.717) is 6.42 Å². The Kier molecular flexibility index (Phi) is 6.99. The van der Waals surface area contributed by atoms with Gasteiger partial charge in [-0.2, -0.15) is 13.2 Å². The van der Waals surface area contributed by atoms with Gasteiger partial charge in [-0.1, -0.05) is 20.8 Å². The number of aliphatic carboxylic acids is 1. The molecule has 2 unspecified atom stereocenters. The van der Waals surface area contributed by atoms with E-state index in [1.807, 2.05) is 20.8 Å². The second kappa shape index (κ2) is 7.51. The van der Waals surface area contributed by atoms with Crippen molar-refractivity contribution in [2.45, 2.75) is 65.2 Å². The Hall–Kier alpha value is -1.47. The number of alkyl halides is 3. The number of carboxylic acids is 1. The number of hydrogen-bond donors (Lipinski definition) is 3. The van der Waals surface area contributed by atoms with Gasteiger partial charge in [-0.15, -0.1) is 0 Å². The smallest absolute Gasteiger partial charge is 0.391 e. The molecule has 124 valence electrons. The Bertz CT molecular complexity index is 365. The fourth-order valence-electron chi connectivity index (χ4n) is 1.97. The van der Waals surface area contributed by atoms with Gasteiger partial charge in [0.15, 0.2) is 0 Å². The van der Waals surface area contributed by atoms with Gasteiger partial charge in [-0.05, 0) is 18.8 Å². The second-order valence-corrected chi connectivity index (χ2v) is 6.40. The van der Waals surface area contributed by atoms with E-state index in [0.717, 1.165) is 0 Å². The Labute approximate surface area is 122 Å². The lowest BCUT2D eigenvalue weighted by atomic mass is 9.87. The van der Waals surface area contributed by atoms with Crippen molar-refractivity contribution in [1.29, 1.82) is 0 Å². The van der Waals surface area contributed by atoms with Crippen LogP contribution in [0.1, 0.15) is 47.0 Å². The van der Waals surface area contributed by atoms with Crippen molar-refractivity contribution in [2.75, 3.05) is 0 Å². The number of halogens is 3. The monoisotopic (exact) mass is 312 g/mol. The van der Waals surface area contributed by atoms with Gasteiger partial charge >= 0.3 is 18.2 Å². The van der Waals surface area contributed by atoms with Gasteiger partial charge in [0.25, 0.3) is 0 Å². The van der Waals surface area contributed by atoms with Crippen molar-refractivity contribution < 1.29 is 27.9 Å². The van der Waals surface area contributed by atoms with E-state index in [1.165, 1.54) is 6.92 Å². The number of carbonyl (C=O) groups is 2. The predicted molar refractivity (Wildman–Crippen MR) is 71.9 cm³/mol. The first-order chi connectivity index (χ1) is 9.28. The Morgan fingerprint density at radius 3 is 2.00 bits per heavy atom. The molecule has 8 heteroatoms. The van der Waals surface area contributed by atoms with Gasteiger partial charge in [0, 0.05) is 12.1 Å². The summed E-state index contributed by atoms with van der Waals surface area (Å²) in [6.07, 6.45) is -5.37. The van der Waals surface area contributed by atoms with Crippen LogP contribution in [0.25, 0.3) is 0 Å².